The maximum Gasteiger partial charge on any atom is 0.319 e. The topological polar surface area (TPSA) is 61.7 Å². The highest BCUT2D eigenvalue weighted by Gasteiger charge is 2.34. The van der Waals surface area contributed by atoms with Crippen molar-refractivity contribution < 1.29 is 14.2 Å². The number of aromatic nitrogens is 2. The number of nitrogens with zero attached hydrogens (tertiary/aromatic N) is 4. The maximum atomic E-state index is 16.7. The van der Waals surface area contributed by atoms with Gasteiger partial charge in [-0.25, -0.2) is 4.39 Å². The van der Waals surface area contributed by atoms with Gasteiger partial charge in [-0.3, -0.25) is 0 Å². The van der Waals surface area contributed by atoms with E-state index in [9.17, 15) is 5.11 Å². The van der Waals surface area contributed by atoms with Crippen molar-refractivity contribution in [3.63, 3.8) is 0 Å². The van der Waals surface area contributed by atoms with Crippen LogP contribution in [0.2, 0.25) is 5.02 Å². The number of hydrogen-bond donors (Lipinski definition) is 1. The third-order valence-electron chi connectivity index (χ3n) is 8.55. The molecule has 1 aromatic heterocycles. The van der Waals surface area contributed by atoms with Crippen LogP contribution >= 0.6 is 11.6 Å². The minimum Gasteiger partial charge on any atom is -0.508 e. The van der Waals surface area contributed by atoms with Crippen LogP contribution in [0.1, 0.15) is 39.5 Å². The van der Waals surface area contributed by atoms with Crippen LogP contribution in [0.4, 0.5) is 10.2 Å². The highest BCUT2D eigenvalue weighted by Crippen LogP contribution is 2.43. The highest BCUT2D eigenvalue weighted by molar-refractivity contribution is 6.35. The lowest BCUT2D eigenvalue weighted by Gasteiger charge is -2.38. The number of aromatic hydroxyl groups is 1. The molecule has 0 spiro atoms. The van der Waals surface area contributed by atoms with E-state index in [0.717, 1.165) is 49.5 Å². The molecule has 0 radical (unpaired) electrons. The molecule has 4 aromatic rings. The Labute approximate surface area is 239 Å². The molecular weight excluding hydrogens is 527 g/mol. The van der Waals surface area contributed by atoms with Crippen molar-refractivity contribution in [2.45, 2.75) is 51.7 Å². The molecule has 1 aliphatic heterocycles. The van der Waals surface area contributed by atoms with Crippen molar-refractivity contribution in [2.24, 2.45) is 11.8 Å². The second-order valence-corrected chi connectivity index (χ2v) is 12.4. The van der Waals surface area contributed by atoms with Gasteiger partial charge in [0.05, 0.1) is 5.02 Å². The summed E-state index contributed by atoms with van der Waals surface area (Å²) in [6, 6.07) is 13.2. The third kappa shape index (κ3) is 5.06. The molecule has 1 saturated carbocycles. The minimum atomic E-state index is -0.539. The summed E-state index contributed by atoms with van der Waals surface area (Å²) in [7, 11) is 4.14. The van der Waals surface area contributed by atoms with E-state index in [1.807, 2.05) is 24.3 Å². The molecule has 40 heavy (non-hydrogen) atoms. The molecule has 6 nitrogen and oxygen atoms in total. The van der Waals surface area contributed by atoms with Crippen LogP contribution in [0.5, 0.6) is 11.8 Å². The van der Waals surface area contributed by atoms with E-state index in [1.165, 1.54) is 0 Å². The first-order valence-electron chi connectivity index (χ1n) is 14.2. The van der Waals surface area contributed by atoms with Gasteiger partial charge in [0, 0.05) is 42.9 Å². The smallest absolute Gasteiger partial charge is 0.319 e. The fourth-order valence-electron chi connectivity index (χ4n) is 6.16. The lowest BCUT2D eigenvalue weighted by atomic mass is 9.88. The second kappa shape index (κ2) is 10.7. The van der Waals surface area contributed by atoms with Gasteiger partial charge in [0.25, 0.3) is 0 Å². The van der Waals surface area contributed by atoms with Crippen molar-refractivity contribution in [2.75, 3.05) is 32.1 Å². The molecule has 2 atom stereocenters. The lowest BCUT2D eigenvalue weighted by molar-refractivity contribution is 0.0339. The van der Waals surface area contributed by atoms with E-state index < -0.39 is 5.82 Å². The summed E-state index contributed by atoms with van der Waals surface area (Å²) in [5.74, 6) is 1.12. The van der Waals surface area contributed by atoms with Crippen LogP contribution in [0.25, 0.3) is 32.8 Å². The molecular formula is C32H36ClFN4O2. The summed E-state index contributed by atoms with van der Waals surface area (Å²) in [5.41, 5.74) is 0.915. The monoisotopic (exact) mass is 562 g/mol. The molecule has 2 aliphatic rings. The number of phenolic OH excluding ortho intramolecular Hbond substituents is 1. The summed E-state index contributed by atoms with van der Waals surface area (Å²) in [6.07, 6.45) is 4.03. The van der Waals surface area contributed by atoms with E-state index in [0.29, 0.717) is 34.6 Å². The Morgan fingerprint density at radius 1 is 1.00 bits per heavy atom. The van der Waals surface area contributed by atoms with Gasteiger partial charge in [-0.1, -0.05) is 49.7 Å². The van der Waals surface area contributed by atoms with Gasteiger partial charge < -0.3 is 19.6 Å². The Bertz CT molecular complexity index is 1560. The Balaban J connectivity index is 1.52. The zero-order valence-electron chi connectivity index (χ0n) is 23.5. The lowest BCUT2D eigenvalue weighted by Crippen LogP contribution is -2.46. The highest BCUT2D eigenvalue weighted by atomic mass is 35.5. The van der Waals surface area contributed by atoms with Gasteiger partial charge in [-0.05, 0) is 73.3 Å². The average Bonchev–Trinajstić information content (AvgIpc) is 3.05. The van der Waals surface area contributed by atoms with Gasteiger partial charge >= 0.3 is 6.01 Å². The second-order valence-electron chi connectivity index (χ2n) is 12.0. The predicted molar refractivity (Wildman–Crippen MR) is 160 cm³/mol. The van der Waals surface area contributed by atoms with Crippen LogP contribution in [-0.2, 0) is 0 Å². The molecule has 210 valence electrons. The van der Waals surface area contributed by atoms with Gasteiger partial charge in [-0.2, -0.15) is 9.97 Å². The maximum absolute atomic E-state index is 16.7. The van der Waals surface area contributed by atoms with E-state index in [4.69, 9.17) is 21.3 Å². The summed E-state index contributed by atoms with van der Waals surface area (Å²) in [4.78, 5) is 14.0. The number of rotatable bonds is 5. The Morgan fingerprint density at radius 3 is 2.40 bits per heavy atom. The first-order valence-corrected chi connectivity index (χ1v) is 14.6. The summed E-state index contributed by atoms with van der Waals surface area (Å²) < 4.78 is 23.0. The normalized spacial score (nSPS) is 23.4. The van der Waals surface area contributed by atoms with E-state index in [2.05, 4.69) is 42.7 Å². The SMILES string of the molecule is CC1CCC(C)CN(c2nc(O[C@H]3C[C@@H](N(C)C)C3)nc3c(F)c(-c4cc(O)cc5ccccc45)c(Cl)cc23)C1. The summed E-state index contributed by atoms with van der Waals surface area (Å²) in [5, 5.41) is 12.9. The van der Waals surface area contributed by atoms with Crippen molar-refractivity contribution >= 4 is 39.1 Å². The number of hydrogen-bond acceptors (Lipinski definition) is 6. The zero-order chi connectivity index (χ0) is 28.1. The molecule has 0 amide bonds. The third-order valence-corrected chi connectivity index (χ3v) is 8.84. The number of phenols is 1. The van der Waals surface area contributed by atoms with E-state index in [-0.39, 0.29) is 34.0 Å². The number of fused-ring (bicyclic) bond motifs is 2. The average molecular weight is 563 g/mol. The first-order chi connectivity index (χ1) is 19.2. The molecule has 2 unspecified atom stereocenters. The summed E-state index contributed by atoms with van der Waals surface area (Å²) >= 11 is 6.87. The zero-order valence-corrected chi connectivity index (χ0v) is 24.2. The molecule has 2 heterocycles. The molecule has 1 N–H and O–H groups in total. The number of benzene rings is 3. The van der Waals surface area contributed by atoms with Crippen LogP contribution in [0, 0.1) is 17.7 Å². The number of halogens is 2. The predicted octanol–water partition coefficient (Wildman–Crippen LogP) is 7.29. The molecule has 1 aliphatic carbocycles. The van der Waals surface area contributed by atoms with Gasteiger partial charge in [0.1, 0.15) is 23.2 Å². The Kier molecular flexibility index (Phi) is 7.21. The fraction of sp³-hybridized carbons (Fsp3) is 0.438. The number of ether oxygens (including phenoxy) is 1. The van der Waals surface area contributed by atoms with Crippen molar-refractivity contribution in [3.05, 3.63) is 53.3 Å². The van der Waals surface area contributed by atoms with E-state index in [1.54, 1.807) is 18.2 Å². The molecule has 3 aromatic carbocycles. The molecule has 0 bridgehead atoms. The quantitative estimate of drug-likeness (QED) is 0.275. The van der Waals surface area contributed by atoms with E-state index >= 15 is 4.39 Å². The van der Waals surface area contributed by atoms with Crippen LogP contribution < -0.4 is 9.64 Å². The van der Waals surface area contributed by atoms with Crippen LogP contribution in [0.15, 0.2) is 42.5 Å². The largest absolute Gasteiger partial charge is 0.508 e. The standard InChI is InChI=1S/C32H36ClFN4O2/c1-18-9-10-19(2)17-38(16-18)31-26-15-27(33)28(25-14-22(39)11-20-7-5-6-8-24(20)25)29(34)30(26)35-32(36-31)40-23-12-21(13-23)37(3)4/h5-8,11,14-15,18-19,21,23,39H,9-10,12-13,16-17H2,1-4H3/t18?,19?,21-,23+. The Morgan fingerprint density at radius 2 is 1.70 bits per heavy atom. The van der Waals surface area contributed by atoms with Crippen molar-refractivity contribution in [1.82, 2.24) is 14.9 Å². The fourth-order valence-corrected chi connectivity index (χ4v) is 6.45. The first kappa shape index (κ1) is 27.0. The van der Waals surface area contributed by atoms with Gasteiger partial charge in [0.2, 0.25) is 0 Å². The summed E-state index contributed by atoms with van der Waals surface area (Å²) in [6.45, 7) is 6.14. The Hall–Kier alpha value is -3.16. The van der Waals surface area contributed by atoms with Crippen LogP contribution in [-0.4, -0.2) is 59.3 Å². The molecule has 2 fully saturated rings. The minimum absolute atomic E-state index is 0.00970. The molecule has 6 rings (SSSR count). The molecule has 8 heteroatoms. The number of anilines is 1. The van der Waals surface area contributed by atoms with Gasteiger partial charge in [-0.15, -0.1) is 0 Å². The van der Waals surface area contributed by atoms with Crippen molar-refractivity contribution in [1.29, 1.82) is 0 Å². The van der Waals surface area contributed by atoms with Crippen molar-refractivity contribution in [3.8, 4) is 22.9 Å². The van der Waals surface area contributed by atoms with Crippen LogP contribution in [0.3, 0.4) is 0 Å². The molecule has 1 saturated heterocycles. The van der Waals surface area contributed by atoms with Gasteiger partial charge in [0.15, 0.2) is 5.82 Å².